The monoisotopic (exact) mass is 418 g/mol. The van der Waals surface area contributed by atoms with Gasteiger partial charge in [-0.05, 0) is 24.6 Å². The molecule has 1 aromatic carbocycles. The van der Waals surface area contributed by atoms with Crippen LogP contribution in [0.3, 0.4) is 0 Å². The first-order valence-electron chi connectivity index (χ1n) is 10.1. The van der Waals surface area contributed by atoms with Crippen molar-refractivity contribution in [1.29, 1.82) is 0 Å². The number of carbonyl (C=O) groups is 3. The summed E-state index contributed by atoms with van der Waals surface area (Å²) in [6.45, 7) is 2.85. The summed E-state index contributed by atoms with van der Waals surface area (Å²) in [5.41, 5.74) is 0.498. The zero-order valence-electron chi connectivity index (χ0n) is 16.6. The number of unbranched alkanes of at least 4 members (excludes halogenated alkanes) is 5. The molecular formula is C21H26N2O5S. The molecule has 0 bridgehead atoms. The second kappa shape index (κ2) is 10.4. The Hall–Kier alpha value is -2.35. The van der Waals surface area contributed by atoms with E-state index in [1.54, 1.807) is 23.1 Å². The number of amides is 2. The third-order valence-electron chi connectivity index (χ3n) is 4.82. The van der Waals surface area contributed by atoms with Crippen LogP contribution in [-0.4, -0.2) is 46.8 Å². The van der Waals surface area contributed by atoms with Crippen LogP contribution in [0.1, 0.15) is 62.2 Å². The summed E-state index contributed by atoms with van der Waals surface area (Å²) < 4.78 is 10.6. The van der Waals surface area contributed by atoms with Gasteiger partial charge in [-0.15, -0.1) is 0 Å². The third-order valence-corrected chi connectivity index (χ3v) is 5.79. The SMILES string of the molecule is CCCCCCCCN1C(=O)CC(=O)N=C1SCC(=O)c1ccc2c(c1)OCO2. The molecule has 0 atom stereocenters. The van der Waals surface area contributed by atoms with Crippen molar-refractivity contribution < 1.29 is 23.9 Å². The molecule has 8 heteroatoms. The minimum atomic E-state index is -0.452. The van der Waals surface area contributed by atoms with Gasteiger partial charge in [0.05, 0.1) is 5.75 Å². The van der Waals surface area contributed by atoms with Crippen LogP contribution in [0.5, 0.6) is 11.5 Å². The van der Waals surface area contributed by atoms with Crippen molar-refractivity contribution in [3.63, 3.8) is 0 Å². The molecular weight excluding hydrogens is 392 g/mol. The molecule has 0 aliphatic carbocycles. The summed E-state index contributed by atoms with van der Waals surface area (Å²) >= 11 is 1.13. The van der Waals surface area contributed by atoms with Gasteiger partial charge in [-0.2, -0.15) is 4.99 Å². The van der Waals surface area contributed by atoms with E-state index in [0.717, 1.165) is 31.0 Å². The second-order valence-electron chi connectivity index (χ2n) is 7.06. The topological polar surface area (TPSA) is 85.3 Å². The first-order chi connectivity index (χ1) is 14.1. The highest BCUT2D eigenvalue weighted by molar-refractivity contribution is 8.14. The maximum Gasteiger partial charge on any atom is 0.257 e. The fourth-order valence-electron chi connectivity index (χ4n) is 3.20. The molecule has 7 nitrogen and oxygen atoms in total. The van der Waals surface area contributed by atoms with Crippen LogP contribution in [-0.2, 0) is 9.59 Å². The van der Waals surface area contributed by atoms with Crippen molar-refractivity contribution in [3.8, 4) is 11.5 Å². The van der Waals surface area contributed by atoms with E-state index in [1.165, 1.54) is 19.3 Å². The predicted octanol–water partition coefficient (Wildman–Crippen LogP) is 3.81. The Bertz CT molecular complexity index is 808. The van der Waals surface area contributed by atoms with E-state index in [0.29, 0.717) is 28.8 Å². The minimum absolute atomic E-state index is 0.0893. The molecule has 156 valence electrons. The highest BCUT2D eigenvalue weighted by Gasteiger charge is 2.28. The Balaban J connectivity index is 1.55. The number of rotatable bonds is 10. The van der Waals surface area contributed by atoms with Crippen LogP contribution in [0, 0.1) is 0 Å². The molecule has 2 heterocycles. The number of benzene rings is 1. The van der Waals surface area contributed by atoms with E-state index >= 15 is 0 Å². The van der Waals surface area contributed by atoms with E-state index in [4.69, 9.17) is 9.47 Å². The second-order valence-corrected chi connectivity index (χ2v) is 8.00. The molecule has 0 spiro atoms. The van der Waals surface area contributed by atoms with Crippen LogP contribution in [0.25, 0.3) is 0 Å². The summed E-state index contributed by atoms with van der Waals surface area (Å²) in [6, 6.07) is 5.04. The standard InChI is InChI=1S/C21H26N2O5S/c1-2-3-4-5-6-7-10-23-20(26)12-19(25)22-21(23)29-13-16(24)15-8-9-17-18(11-15)28-14-27-17/h8-9,11H,2-7,10,12-14H2,1H3. The van der Waals surface area contributed by atoms with Crippen LogP contribution < -0.4 is 9.47 Å². The van der Waals surface area contributed by atoms with Gasteiger partial charge in [0.1, 0.15) is 6.42 Å². The molecule has 0 saturated carbocycles. The highest BCUT2D eigenvalue weighted by Crippen LogP contribution is 2.33. The molecule has 0 unspecified atom stereocenters. The van der Waals surface area contributed by atoms with Gasteiger partial charge in [0.15, 0.2) is 22.4 Å². The maximum absolute atomic E-state index is 12.6. The molecule has 0 radical (unpaired) electrons. The normalized spacial score (nSPS) is 15.6. The maximum atomic E-state index is 12.6. The van der Waals surface area contributed by atoms with Gasteiger partial charge in [0, 0.05) is 12.1 Å². The molecule has 1 aromatic rings. The van der Waals surface area contributed by atoms with Gasteiger partial charge in [0.2, 0.25) is 12.7 Å². The number of hydrogen-bond donors (Lipinski definition) is 0. The molecule has 3 rings (SSSR count). The first-order valence-corrected chi connectivity index (χ1v) is 11.0. The lowest BCUT2D eigenvalue weighted by Gasteiger charge is -2.26. The van der Waals surface area contributed by atoms with Crippen LogP contribution in [0.15, 0.2) is 23.2 Å². The molecule has 0 aromatic heterocycles. The Labute approximate surface area is 174 Å². The number of ether oxygens (including phenoxy) is 2. The number of thioether (sulfide) groups is 1. The summed E-state index contributed by atoms with van der Waals surface area (Å²) in [6.07, 6.45) is 6.44. The fourth-order valence-corrected chi connectivity index (χ4v) is 4.14. The molecule has 0 N–H and O–H groups in total. The Morgan fingerprint density at radius 3 is 2.69 bits per heavy atom. The number of ketones is 1. The van der Waals surface area contributed by atoms with Gasteiger partial charge in [0.25, 0.3) is 5.91 Å². The predicted molar refractivity (Wildman–Crippen MR) is 112 cm³/mol. The minimum Gasteiger partial charge on any atom is -0.454 e. The van der Waals surface area contributed by atoms with E-state index in [2.05, 4.69) is 11.9 Å². The van der Waals surface area contributed by atoms with E-state index < -0.39 is 5.91 Å². The van der Waals surface area contributed by atoms with Gasteiger partial charge >= 0.3 is 0 Å². The average Bonchev–Trinajstić information content (AvgIpc) is 3.17. The van der Waals surface area contributed by atoms with E-state index in [-0.39, 0.29) is 30.7 Å². The number of amidine groups is 1. The summed E-state index contributed by atoms with van der Waals surface area (Å²) in [7, 11) is 0. The summed E-state index contributed by atoms with van der Waals surface area (Å²) in [5.74, 6) is 0.439. The van der Waals surface area contributed by atoms with Crippen molar-refractivity contribution in [1.82, 2.24) is 4.90 Å². The van der Waals surface area contributed by atoms with Crippen molar-refractivity contribution in [2.24, 2.45) is 4.99 Å². The van der Waals surface area contributed by atoms with Crippen LogP contribution >= 0.6 is 11.8 Å². The molecule has 2 amide bonds. The number of hydrogen-bond acceptors (Lipinski definition) is 6. The van der Waals surface area contributed by atoms with Crippen LogP contribution in [0.2, 0.25) is 0 Å². The highest BCUT2D eigenvalue weighted by atomic mass is 32.2. The van der Waals surface area contributed by atoms with Gasteiger partial charge in [-0.3, -0.25) is 19.3 Å². The zero-order chi connectivity index (χ0) is 20.6. The van der Waals surface area contributed by atoms with Crippen molar-refractivity contribution in [3.05, 3.63) is 23.8 Å². The van der Waals surface area contributed by atoms with E-state index in [1.807, 2.05) is 0 Å². The number of nitrogens with zero attached hydrogens (tertiary/aromatic N) is 2. The molecule has 2 aliphatic heterocycles. The summed E-state index contributed by atoms with van der Waals surface area (Å²) in [5, 5.41) is 0.328. The van der Waals surface area contributed by atoms with Gasteiger partial charge in [-0.1, -0.05) is 50.8 Å². The molecule has 2 aliphatic rings. The smallest absolute Gasteiger partial charge is 0.257 e. The average molecular weight is 419 g/mol. The number of fused-ring (bicyclic) bond motifs is 1. The summed E-state index contributed by atoms with van der Waals surface area (Å²) in [4.78, 5) is 42.2. The Morgan fingerprint density at radius 2 is 1.86 bits per heavy atom. The number of carbonyl (C=O) groups excluding carboxylic acids is 3. The van der Waals surface area contributed by atoms with Crippen molar-refractivity contribution in [2.75, 3.05) is 19.1 Å². The molecule has 0 saturated heterocycles. The van der Waals surface area contributed by atoms with Crippen LogP contribution in [0.4, 0.5) is 0 Å². The van der Waals surface area contributed by atoms with Crippen molar-refractivity contribution >= 4 is 34.5 Å². The quantitative estimate of drug-likeness (QED) is 0.326. The Kier molecular flexibility index (Phi) is 7.69. The lowest BCUT2D eigenvalue weighted by atomic mass is 10.1. The lowest BCUT2D eigenvalue weighted by Crippen LogP contribution is -2.41. The largest absolute Gasteiger partial charge is 0.454 e. The Morgan fingerprint density at radius 1 is 1.10 bits per heavy atom. The molecule has 29 heavy (non-hydrogen) atoms. The number of Topliss-reactive ketones (excluding diaryl/α,β-unsaturated/α-hetero) is 1. The first kappa shape index (κ1) is 21.4. The lowest BCUT2D eigenvalue weighted by molar-refractivity contribution is -0.133. The van der Waals surface area contributed by atoms with Gasteiger partial charge in [-0.25, -0.2) is 0 Å². The molecule has 0 fully saturated rings. The number of aliphatic imine (C=N–C) groups is 1. The van der Waals surface area contributed by atoms with E-state index in [9.17, 15) is 14.4 Å². The zero-order valence-corrected chi connectivity index (χ0v) is 17.5. The van der Waals surface area contributed by atoms with Crippen molar-refractivity contribution in [2.45, 2.75) is 51.9 Å². The van der Waals surface area contributed by atoms with Gasteiger partial charge < -0.3 is 9.47 Å². The third kappa shape index (κ3) is 5.82. The fraction of sp³-hybridized carbons (Fsp3) is 0.524.